The van der Waals surface area contributed by atoms with Crippen LogP contribution in [0.3, 0.4) is 0 Å². The van der Waals surface area contributed by atoms with Crippen LogP contribution in [-0.4, -0.2) is 35.9 Å². The van der Waals surface area contributed by atoms with Crippen molar-refractivity contribution >= 4 is 5.97 Å². The lowest BCUT2D eigenvalue weighted by Gasteiger charge is -2.36. The number of nitrogens with one attached hydrogen (secondary N) is 1. The number of aliphatic hydroxyl groups excluding tert-OH is 1. The third-order valence-electron chi connectivity index (χ3n) is 3.52. The predicted octanol–water partition coefficient (Wildman–Crippen LogP) is 1.61. The van der Waals surface area contributed by atoms with Crippen molar-refractivity contribution in [3.63, 3.8) is 0 Å². The van der Waals surface area contributed by atoms with Crippen molar-refractivity contribution in [2.75, 3.05) is 13.2 Å². The number of esters is 1. The molecule has 2 N–H and O–H groups in total. The van der Waals surface area contributed by atoms with Crippen molar-refractivity contribution in [1.29, 1.82) is 0 Å². The molecular weight excluding hydrogens is 218 g/mol. The first kappa shape index (κ1) is 14.5. The number of rotatable bonds is 6. The molecule has 1 rings (SSSR count). The summed E-state index contributed by atoms with van der Waals surface area (Å²) in [6, 6.07) is 0. The van der Waals surface area contributed by atoms with E-state index >= 15 is 0 Å². The Morgan fingerprint density at radius 3 is 2.53 bits per heavy atom. The first-order valence-electron chi connectivity index (χ1n) is 6.75. The Labute approximate surface area is 104 Å². The number of hydrogen-bond donors (Lipinski definition) is 2. The summed E-state index contributed by atoms with van der Waals surface area (Å²) in [5, 5.41) is 12.8. The lowest BCUT2D eigenvalue weighted by atomic mass is 9.81. The van der Waals surface area contributed by atoms with E-state index in [0.717, 1.165) is 25.7 Å². The largest absolute Gasteiger partial charge is 0.465 e. The summed E-state index contributed by atoms with van der Waals surface area (Å²) in [7, 11) is 0. The number of β-amino-alcohol motifs (C(OH)–C–C–N with tert-alkyl or cyclic N) is 1. The van der Waals surface area contributed by atoms with Gasteiger partial charge in [-0.1, -0.05) is 26.2 Å². The number of hydrogen-bond acceptors (Lipinski definition) is 4. The summed E-state index contributed by atoms with van der Waals surface area (Å²) in [5.41, 5.74) is -0.551. The first-order valence-corrected chi connectivity index (χ1v) is 6.75. The molecule has 0 spiro atoms. The van der Waals surface area contributed by atoms with Crippen LogP contribution in [0.5, 0.6) is 0 Å². The van der Waals surface area contributed by atoms with Crippen LogP contribution >= 0.6 is 0 Å². The Balaban J connectivity index is 2.61. The minimum Gasteiger partial charge on any atom is -0.465 e. The SMILES string of the molecule is CCOC(=O)C1(NCC(O)CC)CCCCC1. The van der Waals surface area contributed by atoms with Gasteiger partial charge in [0.25, 0.3) is 0 Å². The van der Waals surface area contributed by atoms with E-state index < -0.39 is 5.54 Å². The van der Waals surface area contributed by atoms with Crippen molar-refractivity contribution in [1.82, 2.24) is 5.32 Å². The molecule has 1 fully saturated rings. The quantitative estimate of drug-likeness (QED) is 0.696. The second kappa shape index (κ2) is 6.97. The molecule has 0 aromatic heterocycles. The van der Waals surface area contributed by atoms with Crippen molar-refractivity contribution in [2.45, 2.75) is 64.0 Å². The summed E-state index contributed by atoms with van der Waals surface area (Å²) in [6.45, 7) is 4.65. The monoisotopic (exact) mass is 243 g/mol. The molecule has 100 valence electrons. The molecule has 1 aliphatic carbocycles. The van der Waals surface area contributed by atoms with Crippen LogP contribution in [0.2, 0.25) is 0 Å². The van der Waals surface area contributed by atoms with E-state index in [-0.39, 0.29) is 12.1 Å². The summed E-state index contributed by atoms with van der Waals surface area (Å²) >= 11 is 0. The Bertz CT molecular complexity index is 237. The van der Waals surface area contributed by atoms with Gasteiger partial charge in [0.05, 0.1) is 12.7 Å². The summed E-state index contributed by atoms with van der Waals surface area (Å²) < 4.78 is 5.17. The summed E-state index contributed by atoms with van der Waals surface area (Å²) in [6.07, 6.45) is 5.24. The highest BCUT2D eigenvalue weighted by molar-refractivity contribution is 5.81. The molecule has 1 atom stereocenters. The van der Waals surface area contributed by atoms with Crippen LogP contribution in [0.1, 0.15) is 52.4 Å². The molecular formula is C13H25NO3. The van der Waals surface area contributed by atoms with Crippen LogP contribution in [0.25, 0.3) is 0 Å². The van der Waals surface area contributed by atoms with E-state index in [1.807, 2.05) is 13.8 Å². The predicted molar refractivity (Wildman–Crippen MR) is 66.7 cm³/mol. The van der Waals surface area contributed by atoms with E-state index in [2.05, 4.69) is 5.32 Å². The number of carbonyl (C=O) groups is 1. The van der Waals surface area contributed by atoms with Gasteiger partial charge in [0.2, 0.25) is 0 Å². The van der Waals surface area contributed by atoms with Gasteiger partial charge >= 0.3 is 5.97 Å². The first-order chi connectivity index (χ1) is 8.14. The fourth-order valence-corrected chi connectivity index (χ4v) is 2.34. The molecule has 1 aliphatic rings. The highest BCUT2D eigenvalue weighted by atomic mass is 16.5. The molecule has 0 radical (unpaired) electrons. The molecule has 0 aliphatic heterocycles. The minimum atomic E-state index is -0.551. The zero-order valence-corrected chi connectivity index (χ0v) is 11.0. The molecule has 0 bridgehead atoms. The van der Waals surface area contributed by atoms with Crippen molar-refractivity contribution in [3.05, 3.63) is 0 Å². The Morgan fingerprint density at radius 1 is 1.35 bits per heavy atom. The highest BCUT2D eigenvalue weighted by Crippen LogP contribution is 2.29. The molecule has 4 nitrogen and oxygen atoms in total. The van der Waals surface area contributed by atoms with Crippen LogP contribution in [0, 0.1) is 0 Å². The molecule has 0 aromatic rings. The lowest BCUT2D eigenvalue weighted by Crippen LogP contribution is -2.56. The van der Waals surface area contributed by atoms with Crippen LogP contribution in [0.4, 0.5) is 0 Å². The average Bonchev–Trinajstić information content (AvgIpc) is 2.37. The van der Waals surface area contributed by atoms with E-state index in [1.165, 1.54) is 6.42 Å². The van der Waals surface area contributed by atoms with E-state index in [0.29, 0.717) is 19.6 Å². The van der Waals surface area contributed by atoms with Gasteiger partial charge in [-0.3, -0.25) is 10.1 Å². The molecule has 1 unspecified atom stereocenters. The topological polar surface area (TPSA) is 58.6 Å². The number of carbonyl (C=O) groups excluding carboxylic acids is 1. The van der Waals surface area contributed by atoms with Gasteiger partial charge in [-0.15, -0.1) is 0 Å². The molecule has 0 heterocycles. The standard InChI is InChI=1S/C13H25NO3/c1-3-11(15)10-14-13(12(16)17-4-2)8-6-5-7-9-13/h11,14-15H,3-10H2,1-2H3. The van der Waals surface area contributed by atoms with Gasteiger partial charge in [0.15, 0.2) is 0 Å². The fourth-order valence-electron chi connectivity index (χ4n) is 2.34. The Hall–Kier alpha value is -0.610. The van der Waals surface area contributed by atoms with Crippen LogP contribution in [0.15, 0.2) is 0 Å². The van der Waals surface area contributed by atoms with E-state index in [4.69, 9.17) is 4.74 Å². The van der Waals surface area contributed by atoms with Crippen molar-refractivity contribution < 1.29 is 14.6 Å². The van der Waals surface area contributed by atoms with E-state index in [9.17, 15) is 9.90 Å². The number of ether oxygens (including phenoxy) is 1. The lowest BCUT2D eigenvalue weighted by molar-refractivity contribution is -0.153. The van der Waals surface area contributed by atoms with Gasteiger partial charge in [0, 0.05) is 6.54 Å². The van der Waals surface area contributed by atoms with Gasteiger partial charge in [0.1, 0.15) is 5.54 Å². The fraction of sp³-hybridized carbons (Fsp3) is 0.923. The minimum absolute atomic E-state index is 0.150. The normalized spacial score (nSPS) is 20.9. The maximum Gasteiger partial charge on any atom is 0.326 e. The van der Waals surface area contributed by atoms with Crippen molar-refractivity contribution in [2.24, 2.45) is 0 Å². The Kier molecular flexibility index (Phi) is 5.92. The molecule has 0 aromatic carbocycles. The van der Waals surface area contributed by atoms with Gasteiger partial charge in [-0.2, -0.15) is 0 Å². The zero-order valence-electron chi connectivity index (χ0n) is 11.0. The van der Waals surface area contributed by atoms with Crippen LogP contribution < -0.4 is 5.32 Å². The van der Waals surface area contributed by atoms with E-state index in [1.54, 1.807) is 0 Å². The average molecular weight is 243 g/mol. The maximum atomic E-state index is 12.1. The Morgan fingerprint density at radius 2 is 2.00 bits per heavy atom. The molecule has 0 amide bonds. The van der Waals surface area contributed by atoms with Gasteiger partial charge < -0.3 is 9.84 Å². The maximum absolute atomic E-state index is 12.1. The molecule has 17 heavy (non-hydrogen) atoms. The third kappa shape index (κ3) is 3.96. The zero-order chi connectivity index (χ0) is 12.7. The smallest absolute Gasteiger partial charge is 0.326 e. The molecule has 4 heteroatoms. The molecule has 1 saturated carbocycles. The molecule has 0 saturated heterocycles. The second-order valence-electron chi connectivity index (χ2n) is 4.81. The van der Waals surface area contributed by atoms with Crippen LogP contribution in [-0.2, 0) is 9.53 Å². The van der Waals surface area contributed by atoms with Gasteiger partial charge in [-0.25, -0.2) is 0 Å². The highest BCUT2D eigenvalue weighted by Gasteiger charge is 2.40. The summed E-state index contributed by atoms with van der Waals surface area (Å²) in [4.78, 5) is 12.1. The summed E-state index contributed by atoms with van der Waals surface area (Å²) in [5.74, 6) is -0.150. The second-order valence-corrected chi connectivity index (χ2v) is 4.81. The third-order valence-corrected chi connectivity index (χ3v) is 3.52. The number of aliphatic hydroxyl groups is 1. The van der Waals surface area contributed by atoms with Crippen molar-refractivity contribution in [3.8, 4) is 0 Å². The van der Waals surface area contributed by atoms with Gasteiger partial charge in [-0.05, 0) is 26.2 Å².